The molecule has 0 spiro atoms. The van der Waals surface area contributed by atoms with E-state index in [1.807, 2.05) is 12.1 Å². The van der Waals surface area contributed by atoms with E-state index < -0.39 is 0 Å². The summed E-state index contributed by atoms with van der Waals surface area (Å²) in [5.74, 6) is -0.185. The van der Waals surface area contributed by atoms with Crippen LogP contribution < -0.4 is 0 Å². The molecule has 2 aromatic heterocycles. The molecule has 1 saturated heterocycles. The molecular formula is C21H21ClFN3. The molecule has 4 heterocycles. The van der Waals surface area contributed by atoms with Crippen molar-refractivity contribution in [3.8, 4) is 0 Å². The quantitative estimate of drug-likeness (QED) is 0.663. The second-order valence-electron chi connectivity index (χ2n) is 7.36. The van der Waals surface area contributed by atoms with Crippen molar-refractivity contribution in [1.29, 1.82) is 0 Å². The Morgan fingerprint density at radius 2 is 2.04 bits per heavy atom. The first-order valence-corrected chi connectivity index (χ1v) is 9.73. The van der Waals surface area contributed by atoms with Crippen LogP contribution in [0.1, 0.15) is 35.7 Å². The van der Waals surface area contributed by atoms with Gasteiger partial charge >= 0.3 is 0 Å². The zero-order valence-corrected chi connectivity index (χ0v) is 15.3. The van der Waals surface area contributed by atoms with Gasteiger partial charge in [0.15, 0.2) is 0 Å². The van der Waals surface area contributed by atoms with Crippen LogP contribution in [0.25, 0.3) is 11.0 Å². The lowest BCUT2D eigenvalue weighted by molar-refractivity contribution is 0.242. The maximum Gasteiger partial charge on any atom is 0.140 e. The van der Waals surface area contributed by atoms with Crippen molar-refractivity contribution in [3.05, 3.63) is 64.2 Å². The lowest BCUT2D eigenvalue weighted by atomic mass is 9.96. The van der Waals surface area contributed by atoms with Gasteiger partial charge in [-0.3, -0.25) is 4.90 Å². The number of hydrogen-bond acceptors (Lipinski definition) is 2. The molecule has 1 unspecified atom stereocenters. The highest BCUT2D eigenvalue weighted by atomic mass is 35.5. The Labute approximate surface area is 157 Å². The fourth-order valence-electron chi connectivity index (χ4n) is 4.72. The molecule has 1 atom stereocenters. The standard InChI is InChI=1S/C21H21ClFN3/c22-15-12-17-20-18-2-1-9-25(18)10-8-19(20)26(21(17)24-13-15)11-7-14-3-5-16(23)6-4-14/h3-6,12-13,18H,1-2,7-11H2. The van der Waals surface area contributed by atoms with Gasteiger partial charge in [0.2, 0.25) is 0 Å². The molecule has 1 fully saturated rings. The summed E-state index contributed by atoms with van der Waals surface area (Å²) in [6.07, 6.45) is 6.16. The number of fused-ring (bicyclic) bond motifs is 5. The Kier molecular flexibility index (Phi) is 3.98. The van der Waals surface area contributed by atoms with Gasteiger partial charge in [0.1, 0.15) is 11.5 Å². The van der Waals surface area contributed by atoms with Gasteiger partial charge in [-0.1, -0.05) is 23.7 Å². The van der Waals surface area contributed by atoms with Crippen LogP contribution in [0.4, 0.5) is 4.39 Å². The second-order valence-corrected chi connectivity index (χ2v) is 7.79. The topological polar surface area (TPSA) is 21.1 Å². The van der Waals surface area contributed by atoms with Crippen LogP contribution in [0.2, 0.25) is 5.02 Å². The van der Waals surface area contributed by atoms with Crippen LogP contribution in [-0.2, 0) is 19.4 Å². The third-order valence-corrected chi connectivity index (χ3v) is 6.09. The highest BCUT2D eigenvalue weighted by Crippen LogP contribution is 2.43. The summed E-state index contributed by atoms with van der Waals surface area (Å²) in [4.78, 5) is 7.28. The third kappa shape index (κ3) is 2.63. The zero-order valence-electron chi connectivity index (χ0n) is 14.6. The van der Waals surface area contributed by atoms with E-state index in [1.165, 1.54) is 48.2 Å². The van der Waals surface area contributed by atoms with Crippen molar-refractivity contribution in [2.45, 2.75) is 38.3 Å². The summed E-state index contributed by atoms with van der Waals surface area (Å²) in [7, 11) is 0. The summed E-state index contributed by atoms with van der Waals surface area (Å²) in [6.45, 7) is 3.18. The minimum absolute atomic E-state index is 0.185. The molecule has 5 heteroatoms. The number of aromatic nitrogens is 2. The molecule has 0 aliphatic carbocycles. The average Bonchev–Trinajstić information content (AvgIpc) is 3.23. The van der Waals surface area contributed by atoms with Crippen LogP contribution in [0.5, 0.6) is 0 Å². The van der Waals surface area contributed by atoms with Gasteiger partial charge < -0.3 is 4.57 Å². The van der Waals surface area contributed by atoms with Crippen LogP contribution in [0, 0.1) is 5.82 Å². The average molecular weight is 370 g/mol. The number of halogens is 2. The first-order chi connectivity index (χ1) is 12.7. The van der Waals surface area contributed by atoms with Gasteiger partial charge in [0, 0.05) is 42.8 Å². The number of nitrogens with zero attached hydrogens (tertiary/aromatic N) is 3. The van der Waals surface area contributed by atoms with E-state index >= 15 is 0 Å². The van der Waals surface area contributed by atoms with Crippen molar-refractivity contribution < 1.29 is 4.39 Å². The van der Waals surface area contributed by atoms with E-state index in [0.717, 1.165) is 37.1 Å². The Balaban J connectivity index is 1.57. The molecule has 134 valence electrons. The van der Waals surface area contributed by atoms with Gasteiger partial charge in [0.05, 0.1) is 5.02 Å². The van der Waals surface area contributed by atoms with Crippen molar-refractivity contribution in [2.75, 3.05) is 13.1 Å². The van der Waals surface area contributed by atoms with Crippen molar-refractivity contribution in [3.63, 3.8) is 0 Å². The molecule has 0 amide bonds. The Morgan fingerprint density at radius 3 is 2.88 bits per heavy atom. The summed E-state index contributed by atoms with van der Waals surface area (Å²) >= 11 is 6.28. The predicted octanol–water partition coefficient (Wildman–Crippen LogP) is 4.76. The summed E-state index contributed by atoms with van der Waals surface area (Å²) in [5, 5.41) is 1.91. The van der Waals surface area contributed by atoms with Gasteiger partial charge in [-0.05, 0) is 55.1 Å². The predicted molar refractivity (Wildman–Crippen MR) is 102 cm³/mol. The number of benzene rings is 1. The minimum atomic E-state index is -0.185. The van der Waals surface area contributed by atoms with Gasteiger partial charge in [-0.2, -0.15) is 0 Å². The fraction of sp³-hybridized carbons (Fsp3) is 0.381. The summed E-state index contributed by atoms with van der Waals surface area (Å²) in [6, 6.07) is 9.40. The molecule has 3 nitrogen and oxygen atoms in total. The maximum absolute atomic E-state index is 13.2. The maximum atomic E-state index is 13.2. The Morgan fingerprint density at radius 1 is 1.19 bits per heavy atom. The second kappa shape index (κ2) is 6.36. The summed E-state index contributed by atoms with van der Waals surface area (Å²) in [5.41, 5.74) is 5.04. The van der Waals surface area contributed by atoms with E-state index in [4.69, 9.17) is 11.6 Å². The van der Waals surface area contributed by atoms with E-state index in [9.17, 15) is 4.39 Å². The van der Waals surface area contributed by atoms with Crippen molar-refractivity contribution >= 4 is 22.6 Å². The van der Waals surface area contributed by atoms with Crippen LogP contribution in [0.3, 0.4) is 0 Å². The molecule has 0 N–H and O–H groups in total. The van der Waals surface area contributed by atoms with Crippen LogP contribution in [-0.4, -0.2) is 27.5 Å². The largest absolute Gasteiger partial charge is 0.329 e. The fourth-order valence-corrected chi connectivity index (χ4v) is 4.88. The van der Waals surface area contributed by atoms with Crippen LogP contribution in [0.15, 0.2) is 36.5 Å². The number of rotatable bonds is 3. The molecule has 2 aliphatic rings. The lowest BCUT2D eigenvalue weighted by Gasteiger charge is -2.30. The molecule has 1 aromatic carbocycles. The van der Waals surface area contributed by atoms with E-state index in [-0.39, 0.29) is 5.82 Å². The monoisotopic (exact) mass is 369 g/mol. The Hall–Kier alpha value is -1.91. The van der Waals surface area contributed by atoms with Gasteiger partial charge in [0.25, 0.3) is 0 Å². The van der Waals surface area contributed by atoms with Gasteiger partial charge in [-0.25, -0.2) is 9.37 Å². The highest BCUT2D eigenvalue weighted by molar-refractivity contribution is 6.31. The molecular weight excluding hydrogens is 349 g/mol. The van der Waals surface area contributed by atoms with Crippen molar-refractivity contribution in [2.24, 2.45) is 0 Å². The Bertz CT molecular complexity index is 964. The molecule has 5 rings (SSSR count). The highest BCUT2D eigenvalue weighted by Gasteiger charge is 2.35. The van der Waals surface area contributed by atoms with Crippen molar-refractivity contribution in [1.82, 2.24) is 14.5 Å². The minimum Gasteiger partial charge on any atom is -0.329 e. The van der Waals surface area contributed by atoms with Crippen LogP contribution >= 0.6 is 11.6 Å². The van der Waals surface area contributed by atoms with E-state index in [0.29, 0.717) is 11.1 Å². The SMILES string of the molecule is Fc1ccc(CCn2c3c(c4cc(Cl)cnc42)C2CCCN2CC3)cc1. The lowest BCUT2D eigenvalue weighted by Crippen LogP contribution is -2.31. The first kappa shape index (κ1) is 16.3. The third-order valence-electron chi connectivity index (χ3n) is 5.89. The molecule has 0 saturated carbocycles. The van der Waals surface area contributed by atoms with Gasteiger partial charge in [-0.15, -0.1) is 0 Å². The molecule has 0 bridgehead atoms. The normalized spacial score (nSPS) is 19.7. The smallest absolute Gasteiger partial charge is 0.140 e. The number of pyridine rings is 1. The summed E-state index contributed by atoms with van der Waals surface area (Å²) < 4.78 is 15.5. The number of aryl methyl sites for hydroxylation is 2. The van der Waals surface area contributed by atoms with E-state index in [2.05, 4.69) is 20.5 Å². The molecule has 26 heavy (non-hydrogen) atoms. The zero-order chi connectivity index (χ0) is 17.7. The molecule has 3 aromatic rings. The molecule has 0 radical (unpaired) electrons. The number of hydrogen-bond donors (Lipinski definition) is 0. The van der Waals surface area contributed by atoms with E-state index in [1.54, 1.807) is 6.20 Å². The first-order valence-electron chi connectivity index (χ1n) is 9.36. The molecule has 2 aliphatic heterocycles.